The molecule has 0 saturated heterocycles. The summed E-state index contributed by atoms with van der Waals surface area (Å²) >= 11 is 6.94. The van der Waals surface area contributed by atoms with Gasteiger partial charge in [-0.3, -0.25) is 0 Å². The first kappa shape index (κ1) is 36.1. The van der Waals surface area contributed by atoms with E-state index in [2.05, 4.69) is 179 Å². The molecule has 0 fully saturated rings. The Hall–Kier alpha value is -3.95. The van der Waals surface area contributed by atoms with Crippen molar-refractivity contribution in [3.05, 3.63) is 123 Å². The van der Waals surface area contributed by atoms with Crippen molar-refractivity contribution < 1.29 is 0 Å². The van der Waals surface area contributed by atoms with Gasteiger partial charge < -0.3 is 9.80 Å². The molecular weight excluding hydrogens is 663 g/mol. The number of halogens is 1. The zero-order chi connectivity index (χ0) is 38.2. The highest BCUT2D eigenvalue weighted by Crippen LogP contribution is 2.51. The molecule has 0 radical (unpaired) electrons. The summed E-state index contributed by atoms with van der Waals surface area (Å²) in [6.07, 6.45) is 2.36. The van der Waals surface area contributed by atoms with Crippen LogP contribution in [0.1, 0.15) is 121 Å². The van der Waals surface area contributed by atoms with E-state index in [4.69, 9.17) is 11.6 Å². The largest absolute Gasteiger partial charge is 0.311 e. The number of aryl methyl sites for hydroxylation is 3. The zero-order valence-electron chi connectivity index (χ0n) is 34.3. The monoisotopic (exact) mass is 718 g/mol. The van der Waals surface area contributed by atoms with E-state index in [-0.39, 0.29) is 28.4 Å². The molecule has 2 nitrogen and oxygen atoms in total. The van der Waals surface area contributed by atoms with Crippen LogP contribution in [0.15, 0.2) is 78.9 Å². The van der Waals surface area contributed by atoms with Crippen LogP contribution in [0, 0.1) is 20.8 Å². The number of benzene rings is 5. The molecule has 4 heteroatoms. The molecule has 3 aliphatic rings. The average Bonchev–Trinajstić information content (AvgIpc) is 3.06. The molecule has 8 rings (SSSR count). The van der Waals surface area contributed by atoms with E-state index in [1.807, 2.05) is 0 Å². The van der Waals surface area contributed by atoms with Crippen molar-refractivity contribution in [1.29, 1.82) is 0 Å². The first-order chi connectivity index (χ1) is 24.7. The minimum atomic E-state index is 0.0600. The molecule has 2 heterocycles. The van der Waals surface area contributed by atoms with Crippen LogP contribution in [0.25, 0.3) is 0 Å². The Bertz CT molecular complexity index is 2330. The normalized spacial score (nSPS) is 16.9. The van der Waals surface area contributed by atoms with E-state index in [0.717, 1.165) is 5.02 Å². The first-order valence-corrected chi connectivity index (χ1v) is 20.0. The minimum Gasteiger partial charge on any atom is -0.311 e. The lowest BCUT2D eigenvalue weighted by Gasteiger charge is -2.48. The number of nitrogens with zero attached hydrogens (tertiary/aromatic N) is 2. The van der Waals surface area contributed by atoms with Crippen LogP contribution in [0.3, 0.4) is 0 Å². The molecule has 5 aromatic rings. The second-order valence-corrected chi connectivity index (χ2v) is 20.2. The van der Waals surface area contributed by atoms with Crippen molar-refractivity contribution in [2.24, 2.45) is 0 Å². The van der Waals surface area contributed by atoms with Crippen LogP contribution in [0.5, 0.6) is 0 Å². The standard InChI is InChI=1S/C49H56BClN2/c1-29-22-43-45-44(23-29)53(40-19-15-33(25-31(40)3)47(7,8)9)42-28-36-35(48(10,11)20-21-49(36,12)13)27-38(42)50(45)37-17-16-34(51)26-41(37)52(43)39-18-14-32(24-30(39)2)46(4,5)6/h14-19,22-28H,20-21H2,1-13H3. The summed E-state index contributed by atoms with van der Waals surface area (Å²) in [5.74, 6) is 0. The molecule has 0 atom stereocenters. The minimum absolute atomic E-state index is 0.0600. The van der Waals surface area contributed by atoms with Gasteiger partial charge in [0, 0.05) is 39.1 Å². The highest BCUT2D eigenvalue weighted by atomic mass is 35.5. The fourth-order valence-corrected chi connectivity index (χ4v) is 9.59. The molecule has 0 spiro atoms. The van der Waals surface area contributed by atoms with Gasteiger partial charge in [-0.2, -0.15) is 0 Å². The van der Waals surface area contributed by atoms with Crippen LogP contribution in [-0.4, -0.2) is 6.71 Å². The summed E-state index contributed by atoms with van der Waals surface area (Å²) in [6.45, 7) is 30.5. The van der Waals surface area contributed by atoms with E-state index >= 15 is 0 Å². The van der Waals surface area contributed by atoms with Crippen LogP contribution >= 0.6 is 11.6 Å². The summed E-state index contributed by atoms with van der Waals surface area (Å²) in [5, 5.41) is 0.759. The second-order valence-electron chi connectivity index (χ2n) is 19.8. The molecule has 1 aliphatic carbocycles. The average molecular weight is 719 g/mol. The van der Waals surface area contributed by atoms with Crippen LogP contribution in [-0.2, 0) is 21.7 Å². The molecule has 0 aromatic heterocycles. The summed E-state index contributed by atoms with van der Waals surface area (Å²) in [7, 11) is 0. The predicted molar refractivity (Wildman–Crippen MR) is 232 cm³/mol. The fourth-order valence-electron chi connectivity index (χ4n) is 9.43. The third kappa shape index (κ3) is 5.67. The van der Waals surface area contributed by atoms with Gasteiger partial charge in [-0.15, -0.1) is 0 Å². The van der Waals surface area contributed by atoms with Crippen molar-refractivity contribution in [3.8, 4) is 0 Å². The summed E-state index contributed by atoms with van der Waals surface area (Å²) < 4.78 is 0. The molecule has 5 aromatic carbocycles. The number of fused-ring (bicyclic) bond motifs is 5. The Morgan fingerprint density at radius 2 is 1.00 bits per heavy atom. The summed E-state index contributed by atoms with van der Waals surface area (Å²) in [4.78, 5) is 5.13. The van der Waals surface area contributed by atoms with Crippen LogP contribution in [0.4, 0.5) is 34.1 Å². The SMILES string of the molecule is Cc1cc2c3c(c1)N(c1ccc(C(C)(C)C)cc1C)c1cc4c(cc1B3c1ccc(Cl)cc1N2c1ccc(C(C)(C)C)cc1C)C(C)(C)CCC4(C)C. The van der Waals surface area contributed by atoms with Gasteiger partial charge in [-0.25, -0.2) is 0 Å². The van der Waals surface area contributed by atoms with Gasteiger partial charge in [0.05, 0.1) is 0 Å². The third-order valence-electron chi connectivity index (χ3n) is 12.8. The molecule has 272 valence electrons. The van der Waals surface area contributed by atoms with E-state index in [0.29, 0.717) is 0 Å². The lowest BCUT2D eigenvalue weighted by molar-refractivity contribution is 0.332. The van der Waals surface area contributed by atoms with Crippen molar-refractivity contribution in [2.45, 2.75) is 125 Å². The summed E-state index contributed by atoms with van der Waals surface area (Å²) in [6, 6.07) is 30.8. The zero-order valence-corrected chi connectivity index (χ0v) is 35.0. The lowest BCUT2D eigenvalue weighted by atomic mass is 9.33. The molecule has 2 aliphatic heterocycles. The Balaban J connectivity index is 1.49. The van der Waals surface area contributed by atoms with Crippen LogP contribution < -0.4 is 26.2 Å². The maximum atomic E-state index is 6.94. The van der Waals surface area contributed by atoms with Gasteiger partial charge in [0.15, 0.2) is 0 Å². The third-order valence-corrected chi connectivity index (χ3v) is 13.0. The molecule has 0 saturated carbocycles. The van der Waals surface area contributed by atoms with E-state index in [1.54, 1.807) is 0 Å². The van der Waals surface area contributed by atoms with Gasteiger partial charge in [-0.05, 0) is 153 Å². The van der Waals surface area contributed by atoms with Gasteiger partial charge in [0.1, 0.15) is 0 Å². The molecule has 53 heavy (non-hydrogen) atoms. The van der Waals surface area contributed by atoms with Gasteiger partial charge in [-0.1, -0.05) is 117 Å². The maximum absolute atomic E-state index is 6.94. The fraction of sp³-hybridized carbons (Fsp3) is 0.388. The molecule has 0 bridgehead atoms. The van der Waals surface area contributed by atoms with Crippen LogP contribution in [0.2, 0.25) is 5.02 Å². The summed E-state index contributed by atoms with van der Waals surface area (Å²) in [5.41, 5.74) is 21.3. The second kappa shape index (κ2) is 11.8. The quantitative estimate of drug-likeness (QED) is 0.164. The highest BCUT2D eigenvalue weighted by molar-refractivity contribution is 7.00. The number of hydrogen-bond acceptors (Lipinski definition) is 2. The molecule has 0 amide bonds. The Morgan fingerprint density at radius 3 is 1.47 bits per heavy atom. The van der Waals surface area contributed by atoms with E-state index in [1.165, 1.54) is 102 Å². The predicted octanol–water partition coefficient (Wildman–Crippen LogP) is 12.3. The smallest absolute Gasteiger partial charge is 0.252 e. The Labute approximate surface area is 324 Å². The van der Waals surface area contributed by atoms with Gasteiger partial charge in [0.25, 0.3) is 6.71 Å². The number of anilines is 6. The van der Waals surface area contributed by atoms with Gasteiger partial charge >= 0.3 is 0 Å². The van der Waals surface area contributed by atoms with Gasteiger partial charge in [0.2, 0.25) is 0 Å². The van der Waals surface area contributed by atoms with Crippen molar-refractivity contribution >= 4 is 68.8 Å². The lowest BCUT2D eigenvalue weighted by Crippen LogP contribution is -2.62. The molecular formula is C49H56BClN2. The maximum Gasteiger partial charge on any atom is 0.252 e. The first-order valence-electron chi connectivity index (χ1n) is 19.6. The Morgan fingerprint density at radius 1 is 0.528 bits per heavy atom. The topological polar surface area (TPSA) is 6.48 Å². The molecule has 0 N–H and O–H groups in total. The van der Waals surface area contributed by atoms with Crippen molar-refractivity contribution in [3.63, 3.8) is 0 Å². The number of hydrogen-bond donors (Lipinski definition) is 0. The highest BCUT2D eigenvalue weighted by Gasteiger charge is 2.46. The molecule has 0 unspecified atom stereocenters. The van der Waals surface area contributed by atoms with Crippen molar-refractivity contribution in [1.82, 2.24) is 0 Å². The van der Waals surface area contributed by atoms with E-state index < -0.39 is 0 Å². The number of rotatable bonds is 2. The Kier molecular flexibility index (Phi) is 8.01. The van der Waals surface area contributed by atoms with E-state index in [9.17, 15) is 0 Å². The van der Waals surface area contributed by atoms with Crippen molar-refractivity contribution in [2.75, 3.05) is 9.80 Å².